The Bertz CT molecular complexity index is 729. The summed E-state index contributed by atoms with van der Waals surface area (Å²) in [5, 5.41) is 8.63. The first-order valence-corrected chi connectivity index (χ1v) is 7.45. The number of hydrogen-bond donors (Lipinski definition) is 1. The van der Waals surface area contributed by atoms with Crippen LogP contribution in [0.2, 0.25) is 0 Å². The number of aromatic nitrogens is 3. The first kappa shape index (κ1) is 12.5. The van der Waals surface area contributed by atoms with Crippen molar-refractivity contribution < 1.29 is 0 Å². The number of hydrogen-bond acceptors (Lipinski definition) is 3. The van der Waals surface area contributed by atoms with Crippen molar-refractivity contribution in [3.63, 3.8) is 0 Å². The first-order chi connectivity index (χ1) is 10.4. The summed E-state index contributed by atoms with van der Waals surface area (Å²) >= 11 is 0. The van der Waals surface area contributed by atoms with E-state index in [9.17, 15) is 0 Å². The number of nitrogens with zero attached hydrogens (tertiary/aromatic N) is 3. The van der Waals surface area contributed by atoms with Gasteiger partial charge in [-0.2, -0.15) is 5.10 Å². The van der Waals surface area contributed by atoms with Crippen LogP contribution in [0, 0.1) is 0 Å². The van der Waals surface area contributed by atoms with Crippen molar-refractivity contribution in [1.82, 2.24) is 20.1 Å². The number of fused-ring (bicyclic) bond motifs is 1. The highest BCUT2D eigenvalue weighted by Crippen LogP contribution is 2.29. The van der Waals surface area contributed by atoms with Crippen LogP contribution in [-0.2, 0) is 6.42 Å². The van der Waals surface area contributed by atoms with Gasteiger partial charge in [-0.25, -0.2) is 4.98 Å². The molecule has 21 heavy (non-hydrogen) atoms. The molecule has 0 amide bonds. The highest BCUT2D eigenvalue weighted by Gasteiger charge is 2.30. The third kappa shape index (κ3) is 2.43. The van der Waals surface area contributed by atoms with Crippen LogP contribution in [-0.4, -0.2) is 39.7 Å². The zero-order chi connectivity index (χ0) is 14.1. The summed E-state index contributed by atoms with van der Waals surface area (Å²) in [7, 11) is 0. The quantitative estimate of drug-likeness (QED) is 0.798. The minimum absolute atomic E-state index is 0.565. The van der Waals surface area contributed by atoms with Gasteiger partial charge in [0.15, 0.2) is 5.65 Å². The Hall–Kier alpha value is -2.20. The van der Waals surface area contributed by atoms with E-state index in [1.807, 2.05) is 6.07 Å². The van der Waals surface area contributed by atoms with E-state index in [4.69, 9.17) is 0 Å². The number of pyridine rings is 1. The second kappa shape index (κ2) is 5.30. The molecule has 1 saturated heterocycles. The van der Waals surface area contributed by atoms with Crippen LogP contribution in [0.15, 0.2) is 48.7 Å². The van der Waals surface area contributed by atoms with Gasteiger partial charge < -0.3 is 4.90 Å². The highest BCUT2D eigenvalue weighted by molar-refractivity contribution is 5.78. The van der Waals surface area contributed by atoms with E-state index in [0.717, 1.165) is 31.7 Å². The minimum Gasteiger partial charge on any atom is -0.302 e. The molecule has 0 bridgehead atoms. The van der Waals surface area contributed by atoms with Crippen molar-refractivity contribution in [2.24, 2.45) is 0 Å². The van der Waals surface area contributed by atoms with Gasteiger partial charge in [-0.1, -0.05) is 30.3 Å². The standard InChI is InChI=1S/C17H18N4/c1-2-5-13(6-3-1)8-10-21-11-14(12-21)16-15-7-4-9-18-17(15)20-19-16/h1-7,9,14H,8,10-12H2,(H,18,19,20). The van der Waals surface area contributed by atoms with Gasteiger partial charge in [0.2, 0.25) is 0 Å². The second-order valence-corrected chi connectivity index (χ2v) is 5.70. The van der Waals surface area contributed by atoms with Crippen molar-refractivity contribution in [2.45, 2.75) is 12.3 Å². The van der Waals surface area contributed by atoms with Gasteiger partial charge in [-0.05, 0) is 24.1 Å². The Morgan fingerprint density at radius 2 is 1.95 bits per heavy atom. The van der Waals surface area contributed by atoms with E-state index in [1.165, 1.54) is 16.6 Å². The van der Waals surface area contributed by atoms with Crippen LogP contribution >= 0.6 is 0 Å². The Morgan fingerprint density at radius 1 is 1.10 bits per heavy atom. The summed E-state index contributed by atoms with van der Waals surface area (Å²) in [4.78, 5) is 6.78. The van der Waals surface area contributed by atoms with Crippen LogP contribution in [0.25, 0.3) is 11.0 Å². The summed E-state index contributed by atoms with van der Waals surface area (Å²) in [6.07, 6.45) is 2.92. The van der Waals surface area contributed by atoms with E-state index in [2.05, 4.69) is 56.5 Å². The molecule has 4 nitrogen and oxygen atoms in total. The molecule has 0 unspecified atom stereocenters. The Kier molecular flexibility index (Phi) is 3.16. The van der Waals surface area contributed by atoms with Crippen molar-refractivity contribution in [2.75, 3.05) is 19.6 Å². The highest BCUT2D eigenvalue weighted by atomic mass is 15.2. The molecule has 0 radical (unpaired) electrons. The van der Waals surface area contributed by atoms with Gasteiger partial charge in [0.1, 0.15) is 0 Å². The molecule has 106 valence electrons. The fourth-order valence-corrected chi connectivity index (χ4v) is 3.05. The normalized spacial score (nSPS) is 16.2. The third-order valence-corrected chi connectivity index (χ3v) is 4.28. The van der Waals surface area contributed by atoms with Crippen LogP contribution in [0.4, 0.5) is 0 Å². The van der Waals surface area contributed by atoms with E-state index >= 15 is 0 Å². The fourth-order valence-electron chi connectivity index (χ4n) is 3.05. The number of likely N-dealkylation sites (tertiary alicyclic amines) is 1. The lowest BCUT2D eigenvalue weighted by Gasteiger charge is -2.38. The number of benzene rings is 1. The molecule has 3 heterocycles. The average molecular weight is 278 g/mol. The maximum absolute atomic E-state index is 4.29. The molecular formula is C17H18N4. The zero-order valence-electron chi connectivity index (χ0n) is 11.9. The maximum atomic E-state index is 4.29. The molecule has 4 rings (SSSR count). The third-order valence-electron chi connectivity index (χ3n) is 4.28. The van der Waals surface area contributed by atoms with Crippen molar-refractivity contribution in [3.05, 3.63) is 59.9 Å². The molecule has 4 heteroatoms. The molecule has 1 N–H and O–H groups in total. The van der Waals surface area contributed by atoms with Gasteiger partial charge in [0, 0.05) is 37.1 Å². The maximum Gasteiger partial charge on any atom is 0.181 e. The zero-order valence-corrected chi connectivity index (χ0v) is 11.9. The SMILES string of the molecule is c1ccc(CCN2CC(c3[nH]nc4ncccc34)C2)cc1. The Morgan fingerprint density at radius 3 is 2.81 bits per heavy atom. The molecule has 2 aromatic heterocycles. The lowest BCUT2D eigenvalue weighted by molar-refractivity contribution is 0.148. The van der Waals surface area contributed by atoms with E-state index in [1.54, 1.807) is 6.20 Å². The fraction of sp³-hybridized carbons (Fsp3) is 0.294. The largest absolute Gasteiger partial charge is 0.302 e. The van der Waals surface area contributed by atoms with Crippen LogP contribution in [0.3, 0.4) is 0 Å². The molecule has 1 aliphatic rings. The van der Waals surface area contributed by atoms with Crippen molar-refractivity contribution in [3.8, 4) is 0 Å². The Labute approximate surface area is 123 Å². The van der Waals surface area contributed by atoms with Crippen molar-refractivity contribution >= 4 is 11.0 Å². The minimum atomic E-state index is 0.565. The van der Waals surface area contributed by atoms with Gasteiger partial charge in [0.25, 0.3) is 0 Å². The predicted molar refractivity (Wildman–Crippen MR) is 83.2 cm³/mol. The Balaban J connectivity index is 1.37. The average Bonchev–Trinajstić information content (AvgIpc) is 2.91. The summed E-state index contributed by atoms with van der Waals surface area (Å²) in [6, 6.07) is 14.8. The molecule has 0 saturated carbocycles. The van der Waals surface area contributed by atoms with Gasteiger partial charge in [-0.15, -0.1) is 0 Å². The lowest BCUT2D eigenvalue weighted by atomic mass is 9.94. The summed E-state index contributed by atoms with van der Waals surface area (Å²) < 4.78 is 0. The second-order valence-electron chi connectivity index (χ2n) is 5.70. The first-order valence-electron chi connectivity index (χ1n) is 7.45. The summed E-state index contributed by atoms with van der Waals surface area (Å²) in [5.41, 5.74) is 3.49. The van der Waals surface area contributed by atoms with Gasteiger partial charge in [-0.3, -0.25) is 5.10 Å². The van der Waals surface area contributed by atoms with E-state index in [-0.39, 0.29) is 0 Å². The molecule has 0 aliphatic carbocycles. The molecule has 0 atom stereocenters. The van der Waals surface area contributed by atoms with Crippen LogP contribution in [0.1, 0.15) is 17.2 Å². The number of rotatable bonds is 4. The van der Waals surface area contributed by atoms with E-state index < -0.39 is 0 Å². The summed E-state index contributed by atoms with van der Waals surface area (Å²) in [6.45, 7) is 3.35. The monoisotopic (exact) mass is 278 g/mol. The van der Waals surface area contributed by atoms with E-state index in [0.29, 0.717) is 5.92 Å². The number of aromatic amines is 1. The lowest BCUT2D eigenvalue weighted by Crippen LogP contribution is -2.46. The number of H-pyrrole nitrogens is 1. The summed E-state index contributed by atoms with van der Waals surface area (Å²) in [5.74, 6) is 0.565. The molecule has 0 spiro atoms. The predicted octanol–water partition coefficient (Wildman–Crippen LogP) is 2.60. The molecule has 3 aromatic rings. The molecule has 1 aliphatic heterocycles. The smallest absolute Gasteiger partial charge is 0.181 e. The number of nitrogens with one attached hydrogen (secondary N) is 1. The van der Waals surface area contributed by atoms with Gasteiger partial charge >= 0.3 is 0 Å². The molecular weight excluding hydrogens is 260 g/mol. The van der Waals surface area contributed by atoms with Crippen LogP contribution in [0.5, 0.6) is 0 Å². The van der Waals surface area contributed by atoms with Crippen molar-refractivity contribution in [1.29, 1.82) is 0 Å². The molecule has 1 fully saturated rings. The van der Waals surface area contributed by atoms with Crippen LogP contribution < -0.4 is 0 Å². The topological polar surface area (TPSA) is 44.8 Å². The van der Waals surface area contributed by atoms with Gasteiger partial charge in [0.05, 0.1) is 5.69 Å². The molecule has 1 aromatic carbocycles.